The number of aryl methyl sites for hydroxylation is 1. The van der Waals surface area contributed by atoms with Gasteiger partial charge in [-0.05, 0) is 62.3 Å². The summed E-state index contributed by atoms with van der Waals surface area (Å²) in [5.41, 5.74) is 0.212. The molecule has 3 heterocycles. The number of fused-ring (bicyclic) bond motifs is 3. The van der Waals surface area contributed by atoms with Crippen LogP contribution >= 0.6 is 0 Å². The Hall–Kier alpha value is -3.36. The summed E-state index contributed by atoms with van der Waals surface area (Å²) in [4.78, 5) is 40.7. The molecule has 0 radical (unpaired) electrons. The monoisotopic (exact) mass is 440 g/mol. The first-order valence-electron chi connectivity index (χ1n) is 11.0. The van der Waals surface area contributed by atoms with E-state index in [0.717, 1.165) is 32.1 Å². The lowest BCUT2D eigenvalue weighted by atomic mass is 10.0. The summed E-state index contributed by atoms with van der Waals surface area (Å²) < 4.78 is 14.8. The molecule has 0 bridgehead atoms. The van der Waals surface area contributed by atoms with Gasteiger partial charge in [0.15, 0.2) is 11.4 Å². The van der Waals surface area contributed by atoms with Crippen LogP contribution in [0.5, 0.6) is 5.75 Å². The van der Waals surface area contributed by atoms with Crippen LogP contribution in [0.25, 0.3) is 0 Å². The highest BCUT2D eigenvalue weighted by atomic mass is 19.1. The summed E-state index contributed by atoms with van der Waals surface area (Å²) in [5, 5.41) is 15.3. The fraction of sp³-hybridized carbons (Fsp3) is 0.435. The number of benzene rings is 1. The maximum atomic E-state index is 13.3. The van der Waals surface area contributed by atoms with Crippen LogP contribution in [-0.4, -0.2) is 45.2 Å². The number of nitrogens with zero attached hydrogens (tertiary/aromatic N) is 3. The number of carbonyl (C=O) groups is 2. The molecule has 2 amide bonds. The Kier molecular flexibility index (Phi) is 4.91. The number of amides is 2. The molecule has 0 spiro atoms. The average molecular weight is 440 g/mol. The van der Waals surface area contributed by atoms with Crippen LogP contribution in [0.2, 0.25) is 0 Å². The van der Waals surface area contributed by atoms with Gasteiger partial charge in [0.2, 0.25) is 5.43 Å². The van der Waals surface area contributed by atoms with Crippen LogP contribution in [0, 0.1) is 12.7 Å². The van der Waals surface area contributed by atoms with Crippen LogP contribution < -0.4 is 15.8 Å². The third kappa shape index (κ3) is 3.32. The van der Waals surface area contributed by atoms with Crippen molar-refractivity contribution < 1.29 is 19.1 Å². The second-order valence-electron chi connectivity index (χ2n) is 8.75. The van der Waals surface area contributed by atoms with Crippen LogP contribution in [0.15, 0.2) is 29.2 Å². The second kappa shape index (κ2) is 7.65. The zero-order chi connectivity index (χ0) is 22.6. The fourth-order valence-electron chi connectivity index (χ4n) is 4.73. The van der Waals surface area contributed by atoms with Crippen molar-refractivity contribution in [2.24, 2.45) is 0 Å². The molecule has 1 saturated carbocycles. The van der Waals surface area contributed by atoms with Gasteiger partial charge < -0.3 is 15.3 Å². The predicted molar refractivity (Wildman–Crippen MR) is 115 cm³/mol. The molecule has 2 N–H and O–H groups in total. The minimum Gasteiger partial charge on any atom is -0.502 e. The number of aromatic hydroxyl groups is 1. The van der Waals surface area contributed by atoms with E-state index in [1.54, 1.807) is 17.9 Å². The van der Waals surface area contributed by atoms with E-state index in [1.165, 1.54) is 23.0 Å². The van der Waals surface area contributed by atoms with Crippen molar-refractivity contribution in [2.75, 3.05) is 11.6 Å². The van der Waals surface area contributed by atoms with Crippen molar-refractivity contribution in [3.63, 3.8) is 0 Å². The molecule has 5 rings (SSSR count). The summed E-state index contributed by atoms with van der Waals surface area (Å²) in [5.74, 6) is -2.08. The molecule has 8 nitrogen and oxygen atoms in total. The van der Waals surface area contributed by atoms with Gasteiger partial charge in [-0.15, -0.1) is 0 Å². The lowest BCUT2D eigenvalue weighted by molar-refractivity contribution is 0.0495. The Balaban J connectivity index is 1.49. The normalized spacial score (nSPS) is 20.1. The lowest BCUT2D eigenvalue weighted by Gasteiger charge is -2.49. The van der Waals surface area contributed by atoms with Crippen LogP contribution in [0.1, 0.15) is 64.1 Å². The van der Waals surface area contributed by atoms with E-state index in [-0.39, 0.29) is 41.7 Å². The average Bonchev–Trinajstić information content (AvgIpc) is 3.60. The quantitative estimate of drug-likeness (QED) is 0.758. The molecule has 1 atom stereocenters. The van der Waals surface area contributed by atoms with Gasteiger partial charge in [-0.3, -0.25) is 24.1 Å². The van der Waals surface area contributed by atoms with Crippen LogP contribution in [0.3, 0.4) is 0 Å². The number of pyridine rings is 1. The summed E-state index contributed by atoms with van der Waals surface area (Å²) in [6, 6.07) is 4.39. The molecular weight excluding hydrogens is 415 g/mol. The van der Waals surface area contributed by atoms with Gasteiger partial charge in [-0.25, -0.2) is 4.39 Å². The molecule has 2 fully saturated rings. The highest BCUT2D eigenvalue weighted by molar-refractivity contribution is 5.99. The third-order valence-electron chi connectivity index (χ3n) is 6.57. The standard InChI is InChI=1S/C23H25FN4O4/c1-13-10-15(24)6-5-14(13)11-25-22(31)17-12-27-19(21(30)20(17)29)23(32)28(16-7-8-16)18-4-2-3-9-26(18)27/h5-6,10,12,16,18,30H,2-4,7-9,11H2,1H3,(H,25,31)/t18-/m1/s1. The number of nitrogens with one attached hydrogen (secondary N) is 1. The summed E-state index contributed by atoms with van der Waals surface area (Å²) in [6.07, 6.45) is 5.78. The van der Waals surface area contributed by atoms with Gasteiger partial charge in [-0.1, -0.05) is 6.07 Å². The summed E-state index contributed by atoms with van der Waals surface area (Å²) in [6.45, 7) is 2.50. The van der Waals surface area contributed by atoms with Crippen LogP contribution in [0.4, 0.5) is 4.39 Å². The molecule has 168 valence electrons. The number of hydrogen-bond acceptors (Lipinski definition) is 5. The molecule has 9 heteroatoms. The maximum absolute atomic E-state index is 13.3. The number of hydrogen-bond donors (Lipinski definition) is 2. The SMILES string of the molecule is Cc1cc(F)ccc1CNC(=O)c1cn2c(c(O)c1=O)C(=O)N(C1CC1)[C@@H]1CCCCN12. The molecule has 1 aromatic carbocycles. The van der Waals surface area contributed by atoms with E-state index in [9.17, 15) is 23.9 Å². The second-order valence-corrected chi connectivity index (χ2v) is 8.75. The summed E-state index contributed by atoms with van der Waals surface area (Å²) in [7, 11) is 0. The number of aromatic nitrogens is 1. The smallest absolute Gasteiger partial charge is 0.278 e. The molecule has 3 aliphatic rings. The molecular formula is C23H25FN4O4. The van der Waals surface area contributed by atoms with Crippen molar-refractivity contribution in [1.82, 2.24) is 14.9 Å². The Morgan fingerprint density at radius 2 is 2.00 bits per heavy atom. The number of halogens is 1. The van der Waals surface area contributed by atoms with Crippen molar-refractivity contribution in [3.8, 4) is 5.75 Å². The van der Waals surface area contributed by atoms with Gasteiger partial charge in [0.25, 0.3) is 11.8 Å². The number of piperidine rings is 1. The molecule has 1 aromatic heterocycles. The van der Waals surface area contributed by atoms with E-state index in [2.05, 4.69) is 5.32 Å². The van der Waals surface area contributed by atoms with Crippen LogP contribution in [-0.2, 0) is 6.54 Å². The first-order chi connectivity index (χ1) is 15.4. The lowest BCUT2D eigenvalue weighted by Crippen LogP contribution is -2.63. The van der Waals surface area contributed by atoms with Gasteiger partial charge in [0.1, 0.15) is 17.5 Å². The van der Waals surface area contributed by atoms with Crippen molar-refractivity contribution in [2.45, 2.75) is 57.8 Å². The van der Waals surface area contributed by atoms with Gasteiger partial charge in [-0.2, -0.15) is 0 Å². The maximum Gasteiger partial charge on any atom is 0.278 e. The Morgan fingerprint density at radius 1 is 1.22 bits per heavy atom. The number of carbonyl (C=O) groups excluding carboxylic acids is 2. The first-order valence-corrected chi connectivity index (χ1v) is 11.0. The third-order valence-corrected chi connectivity index (χ3v) is 6.57. The summed E-state index contributed by atoms with van der Waals surface area (Å²) >= 11 is 0. The van der Waals surface area contributed by atoms with Gasteiger partial charge >= 0.3 is 0 Å². The zero-order valence-electron chi connectivity index (χ0n) is 17.8. The molecule has 32 heavy (non-hydrogen) atoms. The van der Waals surface area contributed by atoms with Crippen molar-refractivity contribution in [3.05, 3.63) is 62.8 Å². The Morgan fingerprint density at radius 3 is 2.72 bits per heavy atom. The first kappa shape index (κ1) is 20.5. The Labute approximate surface area is 184 Å². The molecule has 1 saturated heterocycles. The zero-order valence-corrected chi connectivity index (χ0v) is 17.8. The molecule has 1 aliphatic carbocycles. The topological polar surface area (TPSA) is 94.9 Å². The molecule has 2 aliphatic heterocycles. The van der Waals surface area contributed by atoms with E-state index in [0.29, 0.717) is 17.7 Å². The fourth-order valence-corrected chi connectivity index (χ4v) is 4.73. The van der Waals surface area contributed by atoms with Gasteiger partial charge in [0.05, 0.1) is 0 Å². The van der Waals surface area contributed by atoms with Crippen molar-refractivity contribution in [1.29, 1.82) is 0 Å². The largest absolute Gasteiger partial charge is 0.502 e. The van der Waals surface area contributed by atoms with E-state index in [4.69, 9.17) is 0 Å². The highest BCUT2D eigenvalue weighted by Crippen LogP contribution is 2.37. The predicted octanol–water partition coefficient (Wildman–Crippen LogP) is 2.00. The Bertz CT molecular complexity index is 1170. The van der Waals surface area contributed by atoms with E-state index >= 15 is 0 Å². The van der Waals surface area contributed by atoms with E-state index in [1.807, 2.05) is 5.01 Å². The molecule has 0 unspecified atom stereocenters. The van der Waals surface area contributed by atoms with Crippen molar-refractivity contribution >= 4 is 11.8 Å². The van der Waals surface area contributed by atoms with E-state index < -0.39 is 17.1 Å². The molecule has 2 aromatic rings. The minimum absolute atomic E-state index is 0.0778. The highest BCUT2D eigenvalue weighted by Gasteiger charge is 2.47. The minimum atomic E-state index is -0.871. The number of rotatable bonds is 4. The van der Waals surface area contributed by atoms with Gasteiger partial charge in [0, 0.05) is 25.3 Å².